The summed E-state index contributed by atoms with van der Waals surface area (Å²) in [6, 6.07) is -0.180. The highest BCUT2D eigenvalue weighted by Gasteiger charge is 2.45. The van der Waals surface area contributed by atoms with Crippen molar-refractivity contribution in [2.75, 3.05) is 13.2 Å². The van der Waals surface area contributed by atoms with Gasteiger partial charge in [0, 0.05) is 37.1 Å². The predicted molar refractivity (Wildman–Crippen MR) is 133 cm³/mol. The first-order valence-electron chi connectivity index (χ1n) is 12.7. The average Bonchev–Trinajstić information content (AvgIpc) is 3.55. The number of nitrogens with one attached hydrogen (secondary N) is 4. The van der Waals surface area contributed by atoms with Crippen LogP contribution < -0.4 is 21.9 Å². The number of rotatable bonds is 10. The second-order valence-corrected chi connectivity index (χ2v) is 9.78. The van der Waals surface area contributed by atoms with E-state index in [1.807, 2.05) is 4.98 Å². The summed E-state index contributed by atoms with van der Waals surface area (Å²) in [6.45, 7) is -1.01. The summed E-state index contributed by atoms with van der Waals surface area (Å²) in [5.74, 6) is -1.49. The fraction of sp³-hybridized carbons (Fsp3) is 0.609. The van der Waals surface area contributed by atoms with Crippen molar-refractivity contribution in [2.45, 2.75) is 73.9 Å². The number of aliphatic hydroxyl groups is 6. The Kier molecular flexibility index (Phi) is 9.66. The first kappa shape index (κ1) is 30.5. The van der Waals surface area contributed by atoms with Gasteiger partial charge in [0.2, 0.25) is 11.8 Å². The first-order valence-corrected chi connectivity index (χ1v) is 12.7. The number of aromatic amines is 2. The summed E-state index contributed by atoms with van der Waals surface area (Å²) >= 11 is 0. The summed E-state index contributed by atoms with van der Waals surface area (Å²) < 4.78 is 11.8. The molecule has 10 atom stereocenters. The van der Waals surface area contributed by atoms with Gasteiger partial charge in [0.05, 0.1) is 25.5 Å². The maximum Gasteiger partial charge on any atom is 0.330 e. The minimum Gasteiger partial charge on any atom is -0.394 e. The zero-order chi connectivity index (χ0) is 29.8. The van der Waals surface area contributed by atoms with Crippen molar-refractivity contribution < 1.29 is 49.7 Å². The van der Waals surface area contributed by atoms with Gasteiger partial charge in [-0.1, -0.05) is 0 Å². The number of H-pyrrole nitrogens is 2. The summed E-state index contributed by atoms with van der Waals surface area (Å²) in [7, 11) is 0. The van der Waals surface area contributed by atoms with Crippen molar-refractivity contribution in [3.63, 3.8) is 0 Å². The molecule has 0 radical (unpaired) electrons. The quantitative estimate of drug-likeness (QED) is 0.125. The Morgan fingerprint density at radius 1 is 1.00 bits per heavy atom. The van der Waals surface area contributed by atoms with E-state index in [0.29, 0.717) is 5.69 Å². The Bertz CT molecular complexity index is 1300. The van der Waals surface area contributed by atoms with Crippen molar-refractivity contribution >= 4 is 11.8 Å². The summed E-state index contributed by atoms with van der Waals surface area (Å²) in [4.78, 5) is 58.0. The number of aliphatic hydroxyl groups excluding tert-OH is 6. The minimum absolute atomic E-state index is 0.0572. The molecule has 2 aliphatic rings. The van der Waals surface area contributed by atoms with Gasteiger partial charge in [-0.2, -0.15) is 0 Å². The number of imidazole rings is 1. The number of hydrogen-bond donors (Lipinski definition) is 10. The van der Waals surface area contributed by atoms with E-state index in [1.165, 1.54) is 12.5 Å². The number of carbonyl (C=O) groups is 2. The molecule has 2 aromatic heterocycles. The topological polar surface area (TPSA) is 282 Å². The molecule has 2 aromatic rings. The van der Waals surface area contributed by atoms with Gasteiger partial charge in [-0.3, -0.25) is 23.9 Å². The number of aromatic nitrogens is 4. The molecule has 0 aromatic carbocycles. The normalized spacial score (nSPS) is 32.4. The molecular formula is C23H32N6O12. The third-order valence-electron chi connectivity index (χ3n) is 6.95. The van der Waals surface area contributed by atoms with Crippen LogP contribution >= 0.6 is 0 Å². The number of ether oxygens (including phenoxy) is 2. The Morgan fingerprint density at radius 2 is 1.71 bits per heavy atom. The van der Waals surface area contributed by atoms with E-state index >= 15 is 0 Å². The monoisotopic (exact) mass is 584 g/mol. The Labute approximate surface area is 230 Å². The van der Waals surface area contributed by atoms with Crippen molar-refractivity contribution in [3.05, 3.63) is 51.3 Å². The van der Waals surface area contributed by atoms with Crippen molar-refractivity contribution in [3.8, 4) is 0 Å². The van der Waals surface area contributed by atoms with Gasteiger partial charge in [-0.15, -0.1) is 0 Å². The molecule has 0 spiro atoms. The van der Waals surface area contributed by atoms with Crippen LogP contribution in [0.2, 0.25) is 0 Å². The molecule has 18 nitrogen and oxygen atoms in total. The smallest absolute Gasteiger partial charge is 0.330 e. The highest BCUT2D eigenvalue weighted by atomic mass is 16.6. The number of hydrogen-bond acceptors (Lipinski definition) is 13. The largest absolute Gasteiger partial charge is 0.394 e. The molecule has 0 unspecified atom stereocenters. The van der Waals surface area contributed by atoms with Crippen LogP contribution in [-0.2, 0) is 25.5 Å². The number of carbonyl (C=O) groups excluding carboxylic acids is 2. The SMILES string of the molecule is O=C(C[C@H]1O[C@H](CO)[C@H](O)[C@H](O)[C@H]1O)N[C@@H](Cc1cnc[nH]1)C(=O)NC[C@H]1O[C@@H](n2ccc(=O)[nH]c2=O)[C@H](O)[C@@H]1O. The van der Waals surface area contributed by atoms with Gasteiger partial charge in [0.15, 0.2) is 6.23 Å². The molecule has 226 valence electrons. The second-order valence-electron chi connectivity index (χ2n) is 9.78. The molecule has 2 fully saturated rings. The first-order chi connectivity index (χ1) is 19.5. The van der Waals surface area contributed by atoms with Gasteiger partial charge in [-0.05, 0) is 0 Å². The molecule has 0 bridgehead atoms. The Morgan fingerprint density at radius 3 is 2.37 bits per heavy atom. The van der Waals surface area contributed by atoms with Gasteiger partial charge < -0.3 is 55.7 Å². The van der Waals surface area contributed by atoms with Crippen LogP contribution in [0.5, 0.6) is 0 Å². The molecule has 4 heterocycles. The molecule has 2 aliphatic heterocycles. The van der Waals surface area contributed by atoms with Crippen LogP contribution in [0.25, 0.3) is 0 Å². The van der Waals surface area contributed by atoms with Crippen molar-refractivity contribution in [1.82, 2.24) is 30.2 Å². The lowest BCUT2D eigenvalue weighted by molar-refractivity contribution is -0.229. The van der Waals surface area contributed by atoms with Crippen LogP contribution in [0.1, 0.15) is 18.3 Å². The lowest BCUT2D eigenvalue weighted by Gasteiger charge is -2.39. The van der Waals surface area contributed by atoms with E-state index in [0.717, 1.165) is 16.8 Å². The third-order valence-corrected chi connectivity index (χ3v) is 6.95. The van der Waals surface area contributed by atoms with Crippen molar-refractivity contribution in [2.24, 2.45) is 0 Å². The third kappa shape index (κ3) is 6.88. The van der Waals surface area contributed by atoms with Gasteiger partial charge in [-0.25, -0.2) is 9.78 Å². The van der Waals surface area contributed by atoms with E-state index in [9.17, 15) is 49.8 Å². The maximum atomic E-state index is 13.1. The van der Waals surface area contributed by atoms with E-state index in [1.54, 1.807) is 0 Å². The standard InChI is InChI=1S/C23H32N6O12/c30-7-13-18(35)19(36)16(33)11(40-13)4-15(32)27-10(3-9-5-24-8-26-9)21(38)25-6-12-17(34)20(37)22(41-12)29-2-1-14(31)28-23(29)39/h1-2,5,8,10-13,16-20,22,30,33-37H,3-4,6-7H2,(H,24,26)(H,25,38)(H,27,32)(H,28,31,39)/t10-,11+,12+,13+,16-,17+,18-,19+,20+,22+/m0/s1. The average molecular weight is 585 g/mol. The molecule has 2 amide bonds. The molecule has 2 saturated heterocycles. The van der Waals surface area contributed by atoms with Gasteiger partial charge in [0.25, 0.3) is 5.56 Å². The van der Waals surface area contributed by atoms with Crippen LogP contribution in [0.3, 0.4) is 0 Å². The molecule has 4 rings (SSSR count). The lowest BCUT2D eigenvalue weighted by atomic mass is 9.93. The predicted octanol–water partition coefficient (Wildman–Crippen LogP) is -6.04. The van der Waals surface area contributed by atoms with Crippen molar-refractivity contribution in [1.29, 1.82) is 0 Å². The second kappa shape index (κ2) is 13.0. The number of amides is 2. The summed E-state index contributed by atoms with van der Waals surface area (Å²) in [5, 5.41) is 65.3. The molecule has 41 heavy (non-hydrogen) atoms. The van der Waals surface area contributed by atoms with Crippen LogP contribution in [0, 0.1) is 0 Å². The van der Waals surface area contributed by atoms with Crippen LogP contribution in [0.4, 0.5) is 0 Å². The van der Waals surface area contributed by atoms with Gasteiger partial charge >= 0.3 is 5.69 Å². The molecule has 10 N–H and O–H groups in total. The zero-order valence-corrected chi connectivity index (χ0v) is 21.4. The van der Waals surface area contributed by atoms with E-state index < -0.39 is 97.2 Å². The van der Waals surface area contributed by atoms with Crippen LogP contribution in [0.15, 0.2) is 34.4 Å². The summed E-state index contributed by atoms with van der Waals surface area (Å²) in [5.41, 5.74) is -1.07. The van der Waals surface area contributed by atoms with E-state index in [2.05, 4.69) is 20.6 Å². The zero-order valence-electron chi connectivity index (χ0n) is 21.4. The molecular weight excluding hydrogens is 552 g/mol. The summed E-state index contributed by atoms with van der Waals surface area (Å²) in [6.07, 6.45) is -9.73. The number of nitrogens with zero attached hydrogens (tertiary/aromatic N) is 2. The highest BCUT2D eigenvalue weighted by molar-refractivity contribution is 5.88. The molecule has 0 saturated carbocycles. The highest BCUT2D eigenvalue weighted by Crippen LogP contribution is 2.28. The maximum absolute atomic E-state index is 13.1. The minimum atomic E-state index is -1.67. The Balaban J connectivity index is 1.40. The lowest BCUT2D eigenvalue weighted by Crippen LogP contribution is -2.59. The fourth-order valence-corrected chi connectivity index (χ4v) is 4.69. The Hall–Kier alpha value is -3.49. The van der Waals surface area contributed by atoms with Gasteiger partial charge in [0.1, 0.15) is 48.8 Å². The van der Waals surface area contributed by atoms with E-state index in [4.69, 9.17) is 9.47 Å². The van der Waals surface area contributed by atoms with E-state index in [-0.39, 0.29) is 13.0 Å². The molecule has 18 heteroatoms. The molecule has 0 aliphatic carbocycles. The van der Waals surface area contributed by atoms with Crippen LogP contribution in [-0.4, -0.2) is 130 Å². The fourth-order valence-electron chi connectivity index (χ4n) is 4.69.